The molecule has 1 amide bonds. The van der Waals surface area contributed by atoms with E-state index in [2.05, 4.69) is 12.8 Å². The van der Waals surface area contributed by atoms with Gasteiger partial charge in [0, 0.05) is 16.8 Å². The molecule has 0 saturated carbocycles. The third-order valence-electron chi connectivity index (χ3n) is 1.36. The van der Waals surface area contributed by atoms with Gasteiger partial charge in [-0.3, -0.25) is 0 Å². The molecule has 0 aliphatic rings. The van der Waals surface area contributed by atoms with Gasteiger partial charge in [-0.15, -0.1) is 0 Å². The molecule has 0 saturated heterocycles. The lowest BCUT2D eigenvalue weighted by atomic mass is 10.4. The first-order valence-corrected chi connectivity index (χ1v) is 5.30. The molecule has 0 N–H and O–H groups in total. The molecular formula is C9H11NO2S2. The second-order valence-corrected chi connectivity index (χ2v) is 4.07. The number of hydrogen-bond acceptors (Lipinski definition) is 4. The average Bonchev–Trinajstić information content (AvgIpc) is 2.19. The lowest BCUT2D eigenvalue weighted by molar-refractivity contribution is 0.148. The van der Waals surface area contributed by atoms with Gasteiger partial charge in [-0.2, -0.15) is 3.71 Å². The number of carbonyl (C=O) groups is 1. The molecule has 1 aromatic carbocycles. The molecule has 14 heavy (non-hydrogen) atoms. The highest BCUT2D eigenvalue weighted by atomic mass is 32.2. The predicted molar refractivity (Wildman–Crippen MR) is 60.1 cm³/mol. The fourth-order valence-electron chi connectivity index (χ4n) is 0.797. The van der Waals surface area contributed by atoms with Gasteiger partial charge in [-0.05, 0) is 31.9 Å². The summed E-state index contributed by atoms with van der Waals surface area (Å²) in [5.41, 5.74) is 0. The van der Waals surface area contributed by atoms with Crippen LogP contribution in [0.1, 0.15) is 6.92 Å². The van der Waals surface area contributed by atoms with E-state index in [0.29, 0.717) is 6.61 Å². The van der Waals surface area contributed by atoms with Gasteiger partial charge in [0.2, 0.25) is 0 Å². The predicted octanol–water partition coefficient (Wildman–Crippen LogP) is 3.00. The minimum Gasteiger partial charge on any atom is -0.448 e. The van der Waals surface area contributed by atoms with E-state index < -0.39 is 6.09 Å². The largest absolute Gasteiger partial charge is 0.448 e. The van der Waals surface area contributed by atoms with Gasteiger partial charge in [-0.1, -0.05) is 18.2 Å². The van der Waals surface area contributed by atoms with E-state index in [1.807, 2.05) is 30.3 Å². The number of nitrogens with zero attached hydrogens (tertiary/aromatic N) is 1. The van der Waals surface area contributed by atoms with Crippen molar-refractivity contribution in [3.05, 3.63) is 30.3 Å². The van der Waals surface area contributed by atoms with Crippen molar-refractivity contribution >= 4 is 30.9 Å². The van der Waals surface area contributed by atoms with Gasteiger partial charge in [0.15, 0.2) is 0 Å². The van der Waals surface area contributed by atoms with E-state index in [9.17, 15) is 4.79 Å². The summed E-state index contributed by atoms with van der Waals surface area (Å²) in [7, 11) is 0. The second-order valence-electron chi connectivity index (χ2n) is 2.38. The molecule has 0 spiro atoms. The first-order chi connectivity index (χ1) is 6.74. The van der Waals surface area contributed by atoms with Crippen molar-refractivity contribution in [2.75, 3.05) is 6.61 Å². The van der Waals surface area contributed by atoms with E-state index in [4.69, 9.17) is 4.74 Å². The van der Waals surface area contributed by atoms with E-state index >= 15 is 0 Å². The van der Waals surface area contributed by atoms with Gasteiger partial charge in [0.05, 0.1) is 6.61 Å². The van der Waals surface area contributed by atoms with Crippen LogP contribution in [0.4, 0.5) is 4.79 Å². The fraction of sp³-hybridized carbons (Fsp3) is 0.222. The summed E-state index contributed by atoms with van der Waals surface area (Å²) in [6.45, 7) is 2.11. The van der Waals surface area contributed by atoms with Crippen LogP contribution in [0.3, 0.4) is 0 Å². The number of hydrogen-bond donors (Lipinski definition) is 1. The van der Waals surface area contributed by atoms with Crippen LogP contribution in [-0.4, -0.2) is 16.4 Å². The first-order valence-electron chi connectivity index (χ1n) is 4.13. The van der Waals surface area contributed by atoms with E-state index in [-0.39, 0.29) is 0 Å². The number of benzene rings is 1. The molecule has 0 bridgehead atoms. The quantitative estimate of drug-likeness (QED) is 0.638. The third-order valence-corrected chi connectivity index (χ3v) is 2.57. The Kier molecular flexibility index (Phi) is 4.69. The van der Waals surface area contributed by atoms with Crippen LogP contribution in [0.15, 0.2) is 35.2 Å². The maximum absolute atomic E-state index is 11.2. The Morgan fingerprint density at radius 2 is 2.14 bits per heavy atom. The second kappa shape index (κ2) is 5.82. The molecule has 0 unspecified atom stereocenters. The highest BCUT2D eigenvalue weighted by Gasteiger charge is 2.11. The third kappa shape index (κ3) is 3.51. The maximum atomic E-state index is 11.2. The van der Waals surface area contributed by atoms with Gasteiger partial charge >= 0.3 is 6.09 Å². The highest BCUT2D eigenvalue weighted by Crippen LogP contribution is 2.24. The molecular weight excluding hydrogens is 218 g/mol. The Bertz CT molecular complexity index is 292. The summed E-state index contributed by atoms with van der Waals surface area (Å²) in [4.78, 5) is 12.1. The maximum Gasteiger partial charge on any atom is 0.430 e. The molecule has 0 aliphatic heterocycles. The van der Waals surface area contributed by atoms with E-state index in [0.717, 1.165) is 4.90 Å². The van der Waals surface area contributed by atoms with Crippen LogP contribution in [0.25, 0.3) is 0 Å². The van der Waals surface area contributed by atoms with Crippen LogP contribution in [0, 0.1) is 0 Å². The molecule has 0 atom stereocenters. The van der Waals surface area contributed by atoms with Crippen LogP contribution in [-0.2, 0) is 4.74 Å². The summed E-state index contributed by atoms with van der Waals surface area (Å²) in [5, 5.41) is 0. The summed E-state index contributed by atoms with van der Waals surface area (Å²) in [6, 6.07) is 9.50. The standard InChI is InChI=1S/C9H11NO2S2/c1-2-12-9(11)10(13)14-8-6-4-3-5-7-8/h3-7,13H,2H2,1H3. The van der Waals surface area contributed by atoms with Crippen LogP contribution in [0.5, 0.6) is 0 Å². The topological polar surface area (TPSA) is 29.5 Å². The summed E-state index contributed by atoms with van der Waals surface area (Å²) in [6.07, 6.45) is -0.454. The summed E-state index contributed by atoms with van der Waals surface area (Å²) < 4.78 is 5.93. The SMILES string of the molecule is CCOC(=O)N(S)Sc1ccccc1. The molecule has 0 heterocycles. The van der Waals surface area contributed by atoms with Crippen LogP contribution in [0.2, 0.25) is 0 Å². The molecule has 76 valence electrons. The van der Waals surface area contributed by atoms with Gasteiger partial charge in [-0.25, -0.2) is 4.79 Å². The minimum absolute atomic E-state index is 0.352. The number of carbonyl (C=O) groups excluding carboxylic acids is 1. The zero-order valence-corrected chi connectivity index (χ0v) is 9.42. The molecule has 1 aromatic rings. The van der Waals surface area contributed by atoms with Crippen LogP contribution < -0.4 is 0 Å². The van der Waals surface area contributed by atoms with Crippen molar-refractivity contribution in [2.24, 2.45) is 0 Å². The number of thiol groups is 1. The molecule has 0 fully saturated rings. The molecule has 5 heteroatoms. The summed E-state index contributed by atoms with van der Waals surface area (Å²) in [5.74, 6) is 0. The van der Waals surface area contributed by atoms with Gasteiger partial charge < -0.3 is 4.74 Å². The normalized spacial score (nSPS) is 9.57. The van der Waals surface area contributed by atoms with Crippen molar-refractivity contribution in [3.8, 4) is 0 Å². The number of rotatable bonds is 3. The number of ether oxygens (including phenoxy) is 1. The van der Waals surface area contributed by atoms with Crippen LogP contribution >= 0.6 is 24.8 Å². The Morgan fingerprint density at radius 1 is 1.50 bits per heavy atom. The molecule has 0 radical (unpaired) electrons. The Balaban J connectivity index is 2.49. The summed E-state index contributed by atoms with van der Waals surface area (Å²) >= 11 is 5.21. The number of amides is 1. The zero-order valence-electron chi connectivity index (χ0n) is 7.71. The minimum atomic E-state index is -0.454. The van der Waals surface area contributed by atoms with E-state index in [1.54, 1.807) is 6.92 Å². The van der Waals surface area contributed by atoms with Crippen molar-refractivity contribution in [2.45, 2.75) is 11.8 Å². The average molecular weight is 229 g/mol. The lowest BCUT2D eigenvalue weighted by Crippen LogP contribution is -2.15. The monoisotopic (exact) mass is 229 g/mol. The van der Waals surface area contributed by atoms with E-state index in [1.165, 1.54) is 15.7 Å². The van der Waals surface area contributed by atoms with Crippen molar-refractivity contribution in [1.29, 1.82) is 0 Å². The zero-order chi connectivity index (χ0) is 10.4. The Hall–Kier alpha value is -0.810. The van der Waals surface area contributed by atoms with Gasteiger partial charge in [0.1, 0.15) is 0 Å². The molecule has 0 aromatic heterocycles. The molecule has 1 rings (SSSR count). The Labute approximate surface area is 93.1 Å². The van der Waals surface area contributed by atoms with Crippen molar-refractivity contribution < 1.29 is 9.53 Å². The highest BCUT2D eigenvalue weighted by molar-refractivity contribution is 8.06. The smallest absolute Gasteiger partial charge is 0.430 e. The molecule has 0 aliphatic carbocycles. The lowest BCUT2D eigenvalue weighted by Gasteiger charge is -2.12. The molecule has 3 nitrogen and oxygen atoms in total. The fourth-order valence-corrected chi connectivity index (χ4v) is 1.74. The van der Waals surface area contributed by atoms with Crippen molar-refractivity contribution in [1.82, 2.24) is 3.71 Å². The Morgan fingerprint density at radius 3 is 2.71 bits per heavy atom. The van der Waals surface area contributed by atoms with Crippen molar-refractivity contribution in [3.63, 3.8) is 0 Å². The van der Waals surface area contributed by atoms with Gasteiger partial charge in [0.25, 0.3) is 0 Å². The first kappa shape index (κ1) is 11.3.